The number of hydrogen-bond donors (Lipinski definition) is 1. The number of nitrogens with two attached hydrogens (primary N) is 1. The van der Waals surface area contributed by atoms with Gasteiger partial charge in [0.15, 0.2) is 10.9 Å². The van der Waals surface area contributed by atoms with Gasteiger partial charge in [0.1, 0.15) is 10.6 Å². The first-order valence-corrected chi connectivity index (χ1v) is 10.9. The van der Waals surface area contributed by atoms with E-state index in [2.05, 4.69) is 30.9 Å². The maximum absolute atomic E-state index is 6.33. The number of aromatic nitrogens is 3. The van der Waals surface area contributed by atoms with Crippen LogP contribution in [0.1, 0.15) is 43.4 Å². The van der Waals surface area contributed by atoms with Gasteiger partial charge in [-0.25, -0.2) is 9.97 Å². The largest absolute Gasteiger partial charge is 0.479 e. The number of rotatable bonds is 4. The summed E-state index contributed by atoms with van der Waals surface area (Å²) in [5.41, 5.74) is 8.02. The van der Waals surface area contributed by atoms with Crippen molar-refractivity contribution in [1.29, 1.82) is 0 Å². The van der Waals surface area contributed by atoms with Gasteiger partial charge in [0.25, 0.3) is 5.88 Å². The molecular weight excluding hydrogens is 380 g/mol. The Morgan fingerprint density at radius 3 is 2.89 bits per heavy atom. The lowest BCUT2D eigenvalue weighted by atomic mass is 9.72. The fraction of sp³-hybridized carbons (Fsp3) is 0.526. The summed E-state index contributed by atoms with van der Waals surface area (Å²) in [5.74, 6) is 3.06. The number of aryl methyl sites for hydroxylation is 1. The van der Waals surface area contributed by atoms with Crippen molar-refractivity contribution in [2.24, 2.45) is 11.3 Å². The van der Waals surface area contributed by atoms with E-state index < -0.39 is 0 Å². The van der Waals surface area contributed by atoms with Crippen LogP contribution >= 0.6 is 23.1 Å². The third-order valence-electron chi connectivity index (χ3n) is 5.23. The second-order valence-electron chi connectivity index (χ2n) is 8.01. The van der Waals surface area contributed by atoms with E-state index in [4.69, 9.17) is 20.0 Å². The van der Waals surface area contributed by atoms with Crippen LogP contribution in [0.3, 0.4) is 0 Å². The predicted molar refractivity (Wildman–Crippen MR) is 109 cm³/mol. The third kappa shape index (κ3) is 3.65. The molecule has 0 fully saturated rings. The zero-order valence-corrected chi connectivity index (χ0v) is 17.7. The summed E-state index contributed by atoms with van der Waals surface area (Å²) in [6, 6.07) is 1.77. The van der Waals surface area contributed by atoms with Crippen LogP contribution in [0.4, 0.5) is 5.82 Å². The molecule has 3 aromatic rings. The van der Waals surface area contributed by atoms with Gasteiger partial charge in [0.2, 0.25) is 0 Å². The Labute approximate surface area is 166 Å². The molecule has 0 saturated heterocycles. The molecule has 1 atom stereocenters. The molecule has 3 heterocycles. The van der Waals surface area contributed by atoms with Crippen molar-refractivity contribution < 1.29 is 9.26 Å². The highest BCUT2D eigenvalue weighted by Gasteiger charge is 2.31. The number of anilines is 1. The van der Waals surface area contributed by atoms with Gasteiger partial charge in [-0.3, -0.25) is 0 Å². The molecule has 3 aromatic heterocycles. The minimum Gasteiger partial charge on any atom is -0.479 e. The molecule has 6 nitrogen and oxygen atoms in total. The van der Waals surface area contributed by atoms with Gasteiger partial charge in [-0.2, -0.15) is 0 Å². The molecule has 0 amide bonds. The molecule has 27 heavy (non-hydrogen) atoms. The Hall–Kier alpha value is -1.80. The van der Waals surface area contributed by atoms with Crippen molar-refractivity contribution in [2.75, 3.05) is 12.8 Å². The highest BCUT2D eigenvalue weighted by molar-refractivity contribution is 7.98. The first-order valence-electron chi connectivity index (χ1n) is 9.05. The van der Waals surface area contributed by atoms with Crippen LogP contribution in [0, 0.1) is 11.3 Å². The molecule has 0 aliphatic heterocycles. The van der Waals surface area contributed by atoms with E-state index in [-0.39, 0.29) is 0 Å². The zero-order chi connectivity index (χ0) is 19.2. The lowest BCUT2D eigenvalue weighted by Crippen LogP contribution is -2.26. The second-order valence-corrected chi connectivity index (χ2v) is 10.0. The highest BCUT2D eigenvalue weighted by atomic mass is 32.2. The Balaban J connectivity index is 1.59. The summed E-state index contributed by atoms with van der Waals surface area (Å²) in [4.78, 5) is 11.7. The topological polar surface area (TPSA) is 87.1 Å². The number of thiophene rings is 1. The predicted octanol–water partition coefficient (Wildman–Crippen LogP) is 4.71. The minimum absolute atomic E-state index is 0.324. The van der Waals surface area contributed by atoms with Crippen molar-refractivity contribution in [3.63, 3.8) is 0 Å². The average Bonchev–Trinajstić information content (AvgIpc) is 3.22. The molecule has 2 N–H and O–H groups in total. The van der Waals surface area contributed by atoms with Crippen LogP contribution in [-0.4, -0.2) is 22.2 Å². The smallest absolute Gasteiger partial charge is 0.254 e. The molecule has 144 valence electrons. The maximum atomic E-state index is 6.33. The molecule has 0 saturated carbocycles. The number of hydrogen-bond acceptors (Lipinski definition) is 8. The Morgan fingerprint density at radius 1 is 1.37 bits per heavy atom. The van der Waals surface area contributed by atoms with Gasteiger partial charge in [-0.05, 0) is 41.3 Å². The van der Waals surface area contributed by atoms with Crippen LogP contribution in [0.25, 0.3) is 10.2 Å². The van der Waals surface area contributed by atoms with E-state index in [1.807, 2.05) is 0 Å². The molecule has 1 unspecified atom stereocenters. The van der Waals surface area contributed by atoms with Gasteiger partial charge < -0.3 is 15.0 Å². The van der Waals surface area contributed by atoms with Crippen LogP contribution < -0.4 is 10.5 Å². The Bertz CT molecular complexity index is 974. The summed E-state index contributed by atoms with van der Waals surface area (Å²) >= 11 is 3.27. The number of methoxy groups -OCH3 is 1. The molecular formula is C19H24N4O2S2. The molecule has 1 aliphatic carbocycles. The van der Waals surface area contributed by atoms with E-state index in [1.54, 1.807) is 24.5 Å². The van der Waals surface area contributed by atoms with Gasteiger partial charge in [0.05, 0.1) is 18.2 Å². The molecule has 8 heteroatoms. The lowest BCUT2D eigenvalue weighted by Gasteiger charge is -2.33. The summed E-state index contributed by atoms with van der Waals surface area (Å²) in [6.45, 7) is 6.99. The first kappa shape index (κ1) is 18.6. The Kier molecular flexibility index (Phi) is 4.80. The fourth-order valence-corrected chi connectivity index (χ4v) is 5.67. The highest BCUT2D eigenvalue weighted by Crippen LogP contribution is 2.44. The van der Waals surface area contributed by atoms with E-state index in [0.29, 0.717) is 33.9 Å². The normalized spacial score (nSPS) is 17.3. The number of thioether (sulfide) groups is 1. The van der Waals surface area contributed by atoms with Gasteiger partial charge in [-0.15, -0.1) is 11.3 Å². The second kappa shape index (κ2) is 6.98. The molecule has 0 bridgehead atoms. The summed E-state index contributed by atoms with van der Waals surface area (Å²) in [6.07, 6.45) is 3.38. The summed E-state index contributed by atoms with van der Waals surface area (Å²) < 4.78 is 10.3. The average molecular weight is 405 g/mol. The first-order chi connectivity index (χ1) is 12.8. The van der Waals surface area contributed by atoms with Crippen molar-refractivity contribution in [2.45, 2.75) is 50.9 Å². The number of nitrogen functional groups attached to an aromatic ring is 1. The van der Waals surface area contributed by atoms with Crippen LogP contribution in [0.5, 0.6) is 5.88 Å². The van der Waals surface area contributed by atoms with Gasteiger partial charge in [0, 0.05) is 10.9 Å². The zero-order valence-electron chi connectivity index (χ0n) is 16.0. The number of fused-ring (bicyclic) bond motifs is 3. The molecule has 0 radical (unpaired) electrons. The molecule has 0 aromatic carbocycles. The third-order valence-corrected chi connectivity index (χ3v) is 7.25. The van der Waals surface area contributed by atoms with Gasteiger partial charge in [-0.1, -0.05) is 32.5 Å². The summed E-state index contributed by atoms with van der Waals surface area (Å²) in [5, 5.41) is 5.54. The van der Waals surface area contributed by atoms with E-state index >= 15 is 0 Å². The fourth-order valence-electron chi connectivity index (χ4n) is 3.58. The van der Waals surface area contributed by atoms with Crippen molar-refractivity contribution in [3.05, 3.63) is 22.3 Å². The number of nitrogens with zero attached hydrogens (tertiary/aromatic N) is 3. The standard InChI is InChI=1S/C19H24N4O2S2/c1-19(2,3)10-5-6-12-13(7-10)27-17-15(12)16(20)21-18(22-17)26-9-11-8-14(24-4)23-25-11/h8,10H,5-7,9H2,1-4H3,(H2,20,21,22). The number of ether oxygens (including phenoxy) is 1. The molecule has 4 rings (SSSR count). The van der Waals surface area contributed by atoms with Crippen molar-refractivity contribution in [1.82, 2.24) is 15.1 Å². The van der Waals surface area contributed by atoms with Crippen LogP contribution in [-0.2, 0) is 18.6 Å². The molecule has 1 aliphatic rings. The van der Waals surface area contributed by atoms with E-state index in [9.17, 15) is 0 Å². The van der Waals surface area contributed by atoms with E-state index in [1.165, 1.54) is 28.6 Å². The summed E-state index contributed by atoms with van der Waals surface area (Å²) in [7, 11) is 1.56. The van der Waals surface area contributed by atoms with E-state index in [0.717, 1.165) is 28.8 Å². The quantitative estimate of drug-likeness (QED) is 0.497. The monoisotopic (exact) mass is 404 g/mol. The van der Waals surface area contributed by atoms with Crippen LogP contribution in [0.15, 0.2) is 15.7 Å². The SMILES string of the molecule is COc1cc(CSc2nc(N)c3c4c(sc3n2)CC(C(C)(C)C)CC4)on1. The van der Waals surface area contributed by atoms with Crippen molar-refractivity contribution >= 4 is 39.1 Å². The van der Waals surface area contributed by atoms with Crippen LogP contribution in [0.2, 0.25) is 0 Å². The Morgan fingerprint density at radius 2 is 2.19 bits per heavy atom. The maximum Gasteiger partial charge on any atom is 0.254 e. The lowest BCUT2D eigenvalue weighted by molar-refractivity contribution is 0.218. The van der Waals surface area contributed by atoms with Gasteiger partial charge >= 0.3 is 0 Å². The molecule has 0 spiro atoms. The van der Waals surface area contributed by atoms with Crippen molar-refractivity contribution in [3.8, 4) is 5.88 Å². The minimum atomic E-state index is 0.324.